The molecular weight excluding hydrogens is 318 g/mol. The number of carbonyl (C=O) groups excluding carboxylic acids is 1. The summed E-state index contributed by atoms with van der Waals surface area (Å²) in [6.07, 6.45) is 1.65. The lowest BCUT2D eigenvalue weighted by molar-refractivity contribution is 0.0930. The first kappa shape index (κ1) is 16.6. The van der Waals surface area contributed by atoms with Gasteiger partial charge in [0.05, 0.1) is 21.8 Å². The Kier molecular flexibility index (Phi) is 4.92. The molecule has 0 aliphatic heterocycles. The summed E-state index contributed by atoms with van der Waals surface area (Å²) in [7, 11) is 4.01. The van der Waals surface area contributed by atoms with Gasteiger partial charge in [0.25, 0.3) is 5.91 Å². The van der Waals surface area contributed by atoms with Gasteiger partial charge in [-0.15, -0.1) is 11.3 Å². The molecule has 24 heavy (non-hydrogen) atoms. The lowest BCUT2D eigenvalue weighted by Gasteiger charge is -2.23. The topological polar surface area (TPSA) is 45.2 Å². The molecule has 1 unspecified atom stereocenters. The molecule has 0 spiro atoms. The van der Waals surface area contributed by atoms with Crippen LogP contribution in [0.5, 0.6) is 0 Å². The van der Waals surface area contributed by atoms with Gasteiger partial charge in [0, 0.05) is 12.7 Å². The number of hydrogen-bond acceptors (Lipinski definition) is 4. The smallest absolute Gasteiger partial charge is 0.253 e. The number of fused-ring (bicyclic) bond motifs is 1. The molecule has 0 saturated carbocycles. The van der Waals surface area contributed by atoms with Crippen molar-refractivity contribution < 1.29 is 4.79 Å². The number of nitrogens with zero attached hydrogens (tertiary/aromatic N) is 2. The SMILES string of the molecule is Cc1ccc(C(CN(C)C)NC(=O)c2cnc3ccsc3c2)cc1. The first-order chi connectivity index (χ1) is 11.5. The molecule has 3 aromatic rings. The Morgan fingerprint density at radius 2 is 2.00 bits per heavy atom. The van der Waals surface area contributed by atoms with E-state index < -0.39 is 0 Å². The van der Waals surface area contributed by atoms with Gasteiger partial charge in [-0.1, -0.05) is 29.8 Å². The highest BCUT2D eigenvalue weighted by Gasteiger charge is 2.17. The summed E-state index contributed by atoms with van der Waals surface area (Å²) in [5.41, 5.74) is 3.84. The molecule has 0 saturated heterocycles. The predicted octanol–water partition coefficient (Wildman–Crippen LogP) is 3.64. The lowest BCUT2D eigenvalue weighted by Crippen LogP contribution is -2.35. The van der Waals surface area contributed by atoms with Crippen LogP contribution in [0.1, 0.15) is 27.5 Å². The molecule has 0 radical (unpaired) electrons. The average Bonchev–Trinajstić information content (AvgIpc) is 3.02. The van der Waals surface area contributed by atoms with E-state index in [-0.39, 0.29) is 11.9 Å². The number of aryl methyl sites for hydroxylation is 1. The molecule has 0 bridgehead atoms. The van der Waals surface area contributed by atoms with E-state index in [0.717, 1.165) is 22.3 Å². The first-order valence-corrected chi connectivity index (χ1v) is 8.76. The number of thiophene rings is 1. The molecule has 2 heterocycles. The molecule has 124 valence electrons. The van der Waals surface area contributed by atoms with Crippen molar-refractivity contribution in [3.05, 3.63) is 64.7 Å². The zero-order chi connectivity index (χ0) is 17.1. The van der Waals surface area contributed by atoms with E-state index in [9.17, 15) is 4.79 Å². The largest absolute Gasteiger partial charge is 0.344 e. The zero-order valence-electron chi connectivity index (χ0n) is 14.1. The summed E-state index contributed by atoms with van der Waals surface area (Å²) in [5, 5.41) is 5.13. The molecule has 5 heteroatoms. The minimum Gasteiger partial charge on any atom is -0.344 e. The Morgan fingerprint density at radius 3 is 2.71 bits per heavy atom. The van der Waals surface area contributed by atoms with Gasteiger partial charge in [-0.05, 0) is 44.1 Å². The van der Waals surface area contributed by atoms with Crippen molar-refractivity contribution in [2.75, 3.05) is 20.6 Å². The number of amides is 1. The predicted molar refractivity (Wildman–Crippen MR) is 99.6 cm³/mol. The molecule has 1 amide bonds. The molecular formula is C19H21N3OS. The van der Waals surface area contributed by atoms with Gasteiger partial charge in [0.15, 0.2) is 0 Å². The van der Waals surface area contributed by atoms with Gasteiger partial charge in [-0.25, -0.2) is 0 Å². The third-order valence-electron chi connectivity index (χ3n) is 3.90. The minimum absolute atomic E-state index is 0.0628. The zero-order valence-corrected chi connectivity index (χ0v) is 14.9. The normalized spacial score (nSPS) is 12.5. The number of pyridine rings is 1. The van der Waals surface area contributed by atoms with E-state index in [2.05, 4.69) is 46.4 Å². The van der Waals surface area contributed by atoms with E-state index in [1.54, 1.807) is 17.5 Å². The van der Waals surface area contributed by atoms with Crippen molar-refractivity contribution in [1.29, 1.82) is 0 Å². The van der Waals surface area contributed by atoms with Crippen molar-refractivity contribution in [2.45, 2.75) is 13.0 Å². The van der Waals surface area contributed by atoms with Crippen LogP contribution >= 0.6 is 11.3 Å². The van der Waals surface area contributed by atoms with E-state index in [0.29, 0.717) is 5.56 Å². The maximum absolute atomic E-state index is 12.7. The quantitative estimate of drug-likeness (QED) is 0.772. The fraction of sp³-hybridized carbons (Fsp3) is 0.263. The highest BCUT2D eigenvalue weighted by atomic mass is 32.1. The molecule has 0 aliphatic rings. The van der Waals surface area contributed by atoms with Crippen LogP contribution in [0.2, 0.25) is 0 Å². The second-order valence-electron chi connectivity index (χ2n) is 6.23. The van der Waals surface area contributed by atoms with Crippen LogP contribution in [0, 0.1) is 6.92 Å². The number of likely N-dealkylation sites (N-methyl/N-ethyl adjacent to an activating group) is 1. The van der Waals surface area contributed by atoms with Gasteiger partial charge in [-0.3, -0.25) is 9.78 Å². The highest BCUT2D eigenvalue weighted by Crippen LogP contribution is 2.20. The second-order valence-corrected chi connectivity index (χ2v) is 7.17. The maximum Gasteiger partial charge on any atom is 0.253 e. The molecule has 1 atom stereocenters. The van der Waals surface area contributed by atoms with Crippen LogP contribution in [0.3, 0.4) is 0 Å². The average molecular weight is 339 g/mol. The van der Waals surface area contributed by atoms with E-state index >= 15 is 0 Å². The minimum atomic E-state index is -0.0924. The molecule has 1 aromatic carbocycles. The van der Waals surface area contributed by atoms with Crippen LogP contribution < -0.4 is 5.32 Å². The van der Waals surface area contributed by atoms with Crippen LogP contribution in [0.25, 0.3) is 10.2 Å². The van der Waals surface area contributed by atoms with Gasteiger partial charge in [0.1, 0.15) is 0 Å². The third kappa shape index (κ3) is 3.80. The monoisotopic (exact) mass is 339 g/mol. The Morgan fingerprint density at radius 1 is 1.25 bits per heavy atom. The Labute approximate surface area is 146 Å². The Hall–Kier alpha value is -2.24. The lowest BCUT2D eigenvalue weighted by atomic mass is 10.0. The van der Waals surface area contributed by atoms with E-state index in [1.807, 2.05) is 31.6 Å². The number of rotatable bonds is 5. The number of carbonyl (C=O) groups is 1. The molecule has 2 aromatic heterocycles. The maximum atomic E-state index is 12.7. The summed E-state index contributed by atoms with van der Waals surface area (Å²) >= 11 is 1.60. The fourth-order valence-corrected chi connectivity index (χ4v) is 3.39. The van der Waals surface area contributed by atoms with Gasteiger partial charge < -0.3 is 10.2 Å². The van der Waals surface area contributed by atoms with E-state index in [1.165, 1.54) is 5.56 Å². The summed E-state index contributed by atoms with van der Waals surface area (Å²) < 4.78 is 1.03. The Bertz CT molecular complexity index is 839. The number of nitrogens with one attached hydrogen (secondary N) is 1. The van der Waals surface area contributed by atoms with Gasteiger partial charge in [0.2, 0.25) is 0 Å². The van der Waals surface area contributed by atoms with Crippen molar-refractivity contribution in [3.8, 4) is 0 Å². The van der Waals surface area contributed by atoms with Gasteiger partial charge in [-0.2, -0.15) is 0 Å². The van der Waals surface area contributed by atoms with Crippen LogP contribution in [0.4, 0.5) is 0 Å². The van der Waals surface area contributed by atoms with Crippen LogP contribution in [-0.4, -0.2) is 36.4 Å². The van der Waals surface area contributed by atoms with Crippen molar-refractivity contribution in [3.63, 3.8) is 0 Å². The molecule has 3 rings (SSSR count). The van der Waals surface area contributed by atoms with E-state index in [4.69, 9.17) is 0 Å². The van der Waals surface area contributed by atoms with Gasteiger partial charge >= 0.3 is 0 Å². The van der Waals surface area contributed by atoms with Crippen molar-refractivity contribution in [2.24, 2.45) is 0 Å². The molecule has 1 N–H and O–H groups in total. The van der Waals surface area contributed by atoms with Crippen LogP contribution in [-0.2, 0) is 0 Å². The third-order valence-corrected chi connectivity index (χ3v) is 4.75. The molecule has 0 aliphatic carbocycles. The number of benzene rings is 1. The summed E-state index contributed by atoms with van der Waals surface area (Å²) in [6.45, 7) is 2.80. The van der Waals surface area contributed by atoms with Crippen molar-refractivity contribution in [1.82, 2.24) is 15.2 Å². The summed E-state index contributed by atoms with van der Waals surface area (Å²) in [4.78, 5) is 19.1. The van der Waals surface area contributed by atoms with Crippen LogP contribution in [0.15, 0.2) is 48.0 Å². The fourth-order valence-electron chi connectivity index (χ4n) is 2.61. The second kappa shape index (κ2) is 7.11. The first-order valence-electron chi connectivity index (χ1n) is 7.88. The standard InChI is InChI=1S/C19H21N3OS/c1-13-4-6-14(7-5-13)17(12-22(2)3)21-19(23)15-10-18-16(20-11-15)8-9-24-18/h4-11,17H,12H2,1-3H3,(H,21,23). The number of aromatic nitrogens is 1. The highest BCUT2D eigenvalue weighted by molar-refractivity contribution is 7.17. The number of hydrogen-bond donors (Lipinski definition) is 1. The molecule has 4 nitrogen and oxygen atoms in total. The summed E-state index contributed by atoms with van der Waals surface area (Å²) in [6, 6.07) is 12.1. The summed E-state index contributed by atoms with van der Waals surface area (Å²) in [5.74, 6) is -0.0924. The van der Waals surface area contributed by atoms with Crippen molar-refractivity contribution >= 4 is 27.5 Å². The molecule has 0 fully saturated rings. The Balaban J connectivity index is 1.82.